The minimum absolute atomic E-state index is 0.00859. The molecular weight excluding hydrogens is 425 g/mol. The van der Waals surface area contributed by atoms with Gasteiger partial charge in [-0.25, -0.2) is 12.8 Å². The maximum Gasteiger partial charge on any atom is 0.308 e. The number of aliphatic imine (C=N–C) groups is 1. The summed E-state index contributed by atoms with van der Waals surface area (Å²) >= 11 is 0. The van der Waals surface area contributed by atoms with Crippen molar-refractivity contribution in [1.29, 1.82) is 0 Å². The topological polar surface area (TPSA) is 114 Å². The summed E-state index contributed by atoms with van der Waals surface area (Å²) in [6.45, 7) is 3.17. The van der Waals surface area contributed by atoms with E-state index in [0.717, 1.165) is 0 Å². The van der Waals surface area contributed by atoms with Crippen LogP contribution in [-0.4, -0.2) is 38.8 Å². The minimum atomic E-state index is -3.64. The molecule has 3 rings (SSSR count). The van der Waals surface area contributed by atoms with Gasteiger partial charge in [0.1, 0.15) is 11.7 Å². The Hall–Kier alpha value is -3.27. The van der Waals surface area contributed by atoms with Gasteiger partial charge in [-0.15, -0.1) is 0 Å². The first-order chi connectivity index (χ1) is 14.7. The summed E-state index contributed by atoms with van der Waals surface area (Å²) in [5, 5.41) is 2.70. The molecule has 0 radical (unpaired) electrons. The van der Waals surface area contributed by atoms with Crippen LogP contribution in [0.5, 0.6) is 0 Å². The van der Waals surface area contributed by atoms with Gasteiger partial charge in [-0.1, -0.05) is 24.3 Å². The summed E-state index contributed by atoms with van der Waals surface area (Å²) in [4.78, 5) is 28.6. The number of carbonyl (C=O) groups excluding carboxylic acids is 2. The molecule has 0 fully saturated rings. The van der Waals surface area contributed by atoms with Gasteiger partial charge in [0.25, 0.3) is 15.9 Å². The van der Waals surface area contributed by atoms with Gasteiger partial charge >= 0.3 is 5.97 Å². The van der Waals surface area contributed by atoms with Crippen LogP contribution in [-0.2, 0) is 24.3 Å². The van der Waals surface area contributed by atoms with Crippen LogP contribution in [0, 0.1) is 5.82 Å². The highest BCUT2D eigenvalue weighted by molar-refractivity contribution is 7.90. The van der Waals surface area contributed by atoms with E-state index in [1.54, 1.807) is 37.3 Å². The second-order valence-electron chi connectivity index (χ2n) is 7.00. The maximum atomic E-state index is 13.0. The lowest BCUT2D eigenvalue weighted by Crippen LogP contribution is -2.37. The Balaban J connectivity index is 1.50. The van der Waals surface area contributed by atoms with E-state index in [1.807, 2.05) is 0 Å². The molecule has 1 amide bonds. The van der Waals surface area contributed by atoms with Crippen molar-refractivity contribution in [3.05, 3.63) is 65.5 Å². The molecule has 2 atom stereocenters. The van der Waals surface area contributed by atoms with Gasteiger partial charge in [0.15, 0.2) is 6.10 Å². The number of sulfonamides is 1. The zero-order chi connectivity index (χ0) is 22.6. The summed E-state index contributed by atoms with van der Waals surface area (Å²) in [6, 6.07) is 11.7. The molecule has 0 saturated heterocycles. The van der Waals surface area contributed by atoms with Crippen LogP contribution in [0.3, 0.4) is 0 Å². The Morgan fingerprint density at radius 2 is 1.81 bits per heavy atom. The van der Waals surface area contributed by atoms with Crippen molar-refractivity contribution in [3.8, 4) is 0 Å². The molecule has 0 aromatic heterocycles. The molecule has 0 bridgehead atoms. The fraction of sp³-hybridized carbons (Fsp3) is 0.286. The van der Waals surface area contributed by atoms with Gasteiger partial charge in [-0.05, 0) is 43.7 Å². The summed E-state index contributed by atoms with van der Waals surface area (Å²) < 4.78 is 44.6. The van der Waals surface area contributed by atoms with Crippen molar-refractivity contribution in [2.24, 2.45) is 4.99 Å². The summed E-state index contributed by atoms with van der Waals surface area (Å²) in [7, 11) is -3.64. The fourth-order valence-electron chi connectivity index (χ4n) is 2.99. The molecule has 2 unspecified atom stereocenters. The van der Waals surface area contributed by atoms with Crippen molar-refractivity contribution in [2.75, 3.05) is 6.54 Å². The first-order valence-electron chi connectivity index (χ1n) is 9.59. The molecule has 0 spiro atoms. The number of rotatable bonds is 7. The number of nitrogens with one attached hydrogen (secondary N) is 2. The van der Waals surface area contributed by atoms with Crippen molar-refractivity contribution >= 4 is 27.7 Å². The Morgan fingerprint density at radius 1 is 1.13 bits per heavy atom. The smallest absolute Gasteiger partial charge is 0.308 e. The summed E-state index contributed by atoms with van der Waals surface area (Å²) in [5.41, 5.74) is 1.15. The Bertz CT molecular complexity index is 1120. The van der Waals surface area contributed by atoms with Gasteiger partial charge in [-0.2, -0.15) is 0 Å². The molecule has 0 aliphatic carbocycles. The third kappa shape index (κ3) is 5.46. The largest absolute Gasteiger partial charge is 0.452 e. The number of hydrogen-bond donors (Lipinski definition) is 2. The van der Waals surface area contributed by atoms with Crippen LogP contribution in [0.2, 0.25) is 0 Å². The van der Waals surface area contributed by atoms with Gasteiger partial charge in [0, 0.05) is 5.56 Å². The van der Waals surface area contributed by atoms with E-state index in [4.69, 9.17) is 4.74 Å². The highest BCUT2D eigenvalue weighted by Gasteiger charge is 2.30. The summed E-state index contributed by atoms with van der Waals surface area (Å²) in [6.07, 6.45) is -1.16. The number of fused-ring (bicyclic) bond motifs is 1. The van der Waals surface area contributed by atoms with Gasteiger partial charge < -0.3 is 10.1 Å². The van der Waals surface area contributed by atoms with Gasteiger partial charge in [-0.3, -0.25) is 19.3 Å². The van der Waals surface area contributed by atoms with Crippen LogP contribution in [0.25, 0.3) is 0 Å². The molecule has 10 heteroatoms. The number of halogens is 1. The average molecular weight is 447 g/mol. The lowest BCUT2D eigenvalue weighted by atomic mass is 10.1. The van der Waals surface area contributed by atoms with Gasteiger partial charge in [0.2, 0.25) is 0 Å². The van der Waals surface area contributed by atoms with E-state index in [1.165, 1.54) is 25.1 Å². The first-order valence-corrected chi connectivity index (χ1v) is 11.1. The predicted molar refractivity (Wildman–Crippen MR) is 111 cm³/mol. The molecule has 2 aromatic rings. The normalized spacial score (nSPS) is 17.3. The molecule has 31 heavy (non-hydrogen) atoms. The lowest BCUT2D eigenvalue weighted by molar-refractivity contribution is -0.154. The minimum Gasteiger partial charge on any atom is -0.452 e. The molecule has 1 aliphatic rings. The molecule has 0 saturated carbocycles. The monoisotopic (exact) mass is 447 g/mol. The Morgan fingerprint density at radius 3 is 2.52 bits per heavy atom. The van der Waals surface area contributed by atoms with Gasteiger partial charge in [0.05, 0.1) is 23.9 Å². The maximum absolute atomic E-state index is 13.0. The molecule has 1 aliphatic heterocycles. The average Bonchev–Trinajstić information content (AvgIpc) is 2.99. The zero-order valence-corrected chi connectivity index (χ0v) is 17.8. The molecular formula is C21H22FN3O5S. The predicted octanol–water partition coefficient (Wildman–Crippen LogP) is 2.06. The number of hydrogen-bond acceptors (Lipinski definition) is 6. The highest BCUT2D eigenvalue weighted by Crippen LogP contribution is 2.22. The molecule has 8 nitrogen and oxygen atoms in total. The second kappa shape index (κ2) is 9.25. The van der Waals surface area contributed by atoms with E-state index in [0.29, 0.717) is 11.1 Å². The number of carbonyl (C=O) groups is 2. The number of amides is 1. The van der Waals surface area contributed by atoms with Crippen LogP contribution in [0.1, 0.15) is 37.4 Å². The third-order valence-corrected chi connectivity index (χ3v) is 6.05. The number of benzene rings is 2. The Labute approximate surface area is 179 Å². The van der Waals surface area contributed by atoms with E-state index in [2.05, 4.69) is 15.0 Å². The zero-order valence-electron chi connectivity index (χ0n) is 17.0. The van der Waals surface area contributed by atoms with Crippen molar-refractivity contribution in [1.82, 2.24) is 10.0 Å². The quantitative estimate of drug-likeness (QED) is 0.631. The van der Waals surface area contributed by atoms with Crippen LogP contribution in [0.15, 0.2) is 58.4 Å². The van der Waals surface area contributed by atoms with Crippen molar-refractivity contribution in [3.63, 3.8) is 0 Å². The standard InChI is InChI=1S/C21H22FN3O5S/c1-13(15-7-9-16(22)10-8-15)24-21(27)14(2)30-19(26)11-12-23-20-17-5-3-4-6-18(17)31(28,29)25-20/h3-10,13-14H,11-12H2,1-2H3,(H,23,25)(H,24,27). The fourth-order valence-corrected chi connectivity index (χ4v) is 4.24. The van der Waals surface area contributed by atoms with Crippen molar-refractivity contribution in [2.45, 2.75) is 37.3 Å². The van der Waals surface area contributed by atoms with Crippen molar-refractivity contribution < 1.29 is 27.1 Å². The van der Waals surface area contributed by atoms with Crippen LogP contribution in [0.4, 0.5) is 4.39 Å². The molecule has 2 aromatic carbocycles. The number of nitrogens with zero attached hydrogens (tertiary/aromatic N) is 1. The number of ether oxygens (including phenoxy) is 1. The van der Waals surface area contributed by atoms with E-state index < -0.39 is 34.0 Å². The summed E-state index contributed by atoms with van der Waals surface area (Å²) in [5.74, 6) is -1.34. The van der Waals surface area contributed by atoms with Crippen LogP contribution >= 0.6 is 0 Å². The first kappa shape index (κ1) is 22.4. The van der Waals surface area contributed by atoms with E-state index in [-0.39, 0.29) is 29.5 Å². The Kier molecular flexibility index (Phi) is 6.69. The molecule has 2 N–H and O–H groups in total. The highest BCUT2D eigenvalue weighted by atomic mass is 32.2. The second-order valence-corrected chi connectivity index (χ2v) is 8.65. The molecule has 1 heterocycles. The lowest BCUT2D eigenvalue weighted by Gasteiger charge is -2.18. The number of esters is 1. The van der Waals surface area contributed by atoms with Crippen LogP contribution < -0.4 is 10.0 Å². The van der Waals surface area contributed by atoms with E-state index in [9.17, 15) is 22.4 Å². The SMILES string of the molecule is CC(OC(=O)CCN=C1NS(=O)(=O)c2ccccc21)C(=O)NC(C)c1ccc(F)cc1. The number of amidine groups is 1. The third-order valence-electron chi connectivity index (χ3n) is 4.65. The molecule has 164 valence electrons. The van der Waals surface area contributed by atoms with E-state index >= 15 is 0 Å².